The van der Waals surface area contributed by atoms with E-state index in [1.165, 1.54) is 0 Å². The van der Waals surface area contributed by atoms with Crippen LogP contribution in [0.15, 0.2) is 22.2 Å². The van der Waals surface area contributed by atoms with Crippen LogP contribution < -0.4 is 0 Å². The minimum absolute atomic E-state index is 0.0545. The molecule has 0 aromatic carbocycles. The van der Waals surface area contributed by atoms with E-state index in [0.717, 1.165) is 35.9 Å². The maximum absolute atomic E-state index is 12.5. The third-order valence-corrected chi connectivity index (χ3v) is 16.6. The summed E-state index contributed by atoms with van der Waals surface area (Å²) in [5, 5.41) is 0.422. The van der Waals surface area contributed by atoms with Crippen LogP contribution in [-0.4, -0.2) is 35.1 Å². The lowest BCUT2D eigenvalue weighted by Crippen LogP contribution is -2.43. The van der Waals surface area contributed by atoms with Crippen molar-refractivity contribution in [2.75, 3.05) is 6.61 Å². The van der Waals surface area contributed by atoms with Crippen LogP contribution >= 0.6 is 15.9 Å². The number of unbranched alkanes of at least 4 members (excludes halogenated alkanes) is 2. The fraction of sp³-hybridized carbons (Fsp3) is 0.792. The summed E-state index contributed by atoms with van der Waals surface area (Å²) in [6.07, 6.45) is 8.58. The van der Waals surface area contributed by atoms with Crippen LogP contribution in [-0.2, 0) is 13.6 Å². The molecule has 0 spiro atoms. The number of Topliss-reactive ketones (excluding diaryl/α,β-unsaturated/α-hetero) is 1. The van der Waals surface area contributed by atoms with Crippen molar-refractivity contribution in [1.29, 1.82) is 0 Å². The third-order valence-electron chi connectivity index (χ3n) is 6.98. The number of carbonyl (C=O) groups excluding carboxylic acids is 1. The number of ketones is 1. The largest absolute Gasteiger partial charge is 0.417 e. The van der Waals surface area contributed by atoms with E-state index < -0.39 is 16.6 Å². The molecule has 0 saturated carbocycles. The van der Waals surface area contributed by atoms with Crippen molar-refractivity contribution in [3.63, 3.8) is 0 Å². The number of rotatable bonds is 10. The smallest absolute Gasteiger partial charge is 0.192 e. The molecule has 1 aliphatic carbocycles. The molecule has 1 aliphatic rings. The van der Waals surface area contributed by atoms with Crippen LogP contribution in [0.5, 0.6) is 0 Å². The second-order valence-corrected chi connectivity index (χ2v) is 22.3. The van der Waals surface area contributed by atoms with Crippen LogP contribution in [0.3, 0.4) is 0 Å². The summed E-state index contributed by atoms with van der Waals surface area (Å²) in [6, 6.07) is 0. The standard InChI is InChI=1S/C24H45BrO3Si2/c1-23(2,3)29(7,8)27-15-13-11-12-14-20(25)16-19-17-21(18-22(19)26)28-30(9,10)24(4,5)6/h14,17,21H,11-13,15-16,18H2,1-10H3/b20-14-. The van der Waals surface area contributed by atoms with Crippen molar-refractivity contribution in [3.05, 3.63) is 22.2 Å². The first kappa shape index (κ1) is 28.0. The molecular formula is C24H45BrO3Si2. The Balaban J connectivity index is 2.46. The SMILES string of the molecule is CC(C)(C)[Si](C)(C)OCCCC/C=C(\Br)CC1=CC(O[Si](C)(C)C(C)(C)C)CC1=O. The van der Waals surface area contributed by atoms with E-state index in [1.54, 1.807) is 0 Å². The van der Waals surface area contributed by atoms with Gasteiger partial charge in [0.15, 0.2) is 22.4 Å². The summed E-state index contributed by atoms with van der Waals surface area (Å²) in [4.78, 5) is 12.5. The molecule has 1 unspecified atom stereocenters. The Morgan fingerprint density at radius 3 is 2.17 bits per heavy atom. The second-order valence-electron chi connectivity index (χ2n) is 11.7. The molecule has 3 nitrogen and oxygen atoms in total. The van der Waals surface area contributed by atoms with E-state index in [4.69, 9.17) is 8.85 Å². The third kappa shape index (κ3) is 8.49. The predicted octanol–water partition coefficient (Wildman–Crippen LogP) is 8.14. The maximum Gasteiger partial charge on any atom is 0.192 e. The molecular weight excluding hydrogens is 472 g/mol. The average molecular weight is 518 g/mol. The Kier molecular flexibility index (Phi) is 10.0. The molecule has 0 heterocycles. The minimum Gasteiger partial charge on any atom is -0.417 e. The molecule has 6 heteroatoms. The fourth-order valence-electron chi connectivity index (χ4n) is 2.78. The van der Waals surface area contributed by atoms with Gasteiger partial charge in [-0.05, 0) is 71.7 Å². The molecule has 0 aliphatic heterocycles. The Hall–Kier alpha value is -0.0162. The summed E-state index contributed by atoms with van der Waals surface area (Å²) in [6.45, 7) is 23.5. The predicted molar refractivity (Wildman–Crippen MR) is 138 cm³/mol. The van der Waals surface area contributed by atoms with Crippen molar-refractivity contribution < 1.29 is 13.6 Å². The first-order valence-electron chi connectivity index (χ1n) is 11.4. The number of hydrogen-bond acceptors (Lipinski definition) is 3. The lowest BCUT2D eigenvalue weighted by atomic mass is 10.1. The highest BCUT2D eigenvalue weighted by molar-refractivity contribution is 9.11. The van der Waals surface area contributed by atoms with E-state index in [-0.39, 0.29) is 22.0 Å². The van der Waals surface area contributed by atoms with Crippen molar-refractivity contribution >= 4 is 38.3 Å². The number of carbonyl (C=O) groups is 1. The molecule has 0 aromatic heterocycles. The maximum atomic E-state index is 12.5. The monoisotopic (exact) mass is 516 g/mol. The summed E-state index contributed by atoms with van der Waals surface area (Å²) < 4.78 is 13.8. The van der Waals surface area contributed by atoms with Gasteiger partial charge in [0.25, 0.3) is 0 Å². The molecule has 30 heavy (non-hydrogen) atoms. The zero-order valence-corrected chi connectivity index (χ0v) is 24.7. The zero-order chi connectivity index (χ0) is 23.4. The van der Waals surface area contributed by atoms with Gasteiger partial charge >= 0.3 is 0 Å². The van der Waals surface area contributed by atoms with Gasteiger partial charge in [0, 0.05) is 19.4 Å². The highest BCUT2D eigenvalue weighted by Gasteiger charge is 2.40. The van der Waals surface area contributed by atoms with Crippen molar-refractivity contribution in [1.82, 2.24) is 0 Å². The molecule has 0 fully saturated rings. The average Bonchev–Trinajstić information content (AvgIpc) is 2.87. The molecule has 0 bridgehead atoms. The van der Waals surface area contributed by atoms with E-state index in [0.29, 0.717) is 12.8 Å². The van der Waals surface area contributed by atoms with Gasteiger partial charge in [0.05, 0.1) is 6.10 Å². The first-order chi connectivity index (χ1) is 13.5. The van der Waals surface area contributed by atoms with Gasteiger partial charge < -0.3 is 8.85 Å². The Labute approximate surface area is 196 Å². The van der Waals surface area contributed by atoms with E-state index in [9.17, 15) is 4.79 Å². The fourth-order valence-corrected chi connectivity index (χ4v) is 5.66. The lowest BCUT2D eigenvalue weighted by molar-refractivity contribution is -0.115. The highest BCUT2D eigenvalue weighted by Crippen LogP contribution is 2.39. The van der Waals surface area contributed by atoms with Gasteiger partial charge in [-0.15, -0.1) is 0 Å². The van der Waals surface area contributed by atoms with Crippen LogP contribution in [0.4, 0.5) is 0 Å². The summed E-state index contributed by atoms with van der Waals surface area (Å²) in [5.41, 5.74) is 0.892. The number of allylic oxidation sites excluding steroid dienone is 3. The molecule has 0 aromatic rings. The minimum atomic E-state index is -1.86. The van der Waals surface area contributed by atoms with Gasteiger partial charge in [-0.3, -0.25) is 4.79 Å². The Morgan fingerprint density at radius 1 is 1.07 bits per heavy atom. The second kappa shape index (κ2) is 10.7. The molecule has 1 rings (SSSR count). The van der Waals surface area contributed by atoms with Gasteiger partial charge in [-0.25, -0.2) is 0 Å². The highest BCUT2D eigenvalue weighted by atomic mass is 79.9. The van der Waals surface area contributed by atoms with Gasteiger partial charge in [-0.1, -0.05) is 63.5 Å². The molecule has 0 amide bonds. The van der Waals surface area contributed by atoms with Crippen LogP contribution in [0.25, 0.3) is 0 Å². The lowest BCUT2D eigenvalue weighted by Gasteiger charge is -2.37. The zero-order valence-electron chi connectivity index (χ0n) is 21.1. The van der Waals surface area contributed by atoms with E-state index in [2.05, 4.69) is 95.8 Å². The molecule has 0 radical (unpaired) electrons. The number of hydrogen-bond donors (Lipinski definition) is 0. The van der Waals surface area contributed by atoms with Gasteiger partial charge in [0.2, 0.25) is 0 Å². The first-order valence-corrected chi connectivity index (χ1v) is 18.0. The van der Waals surface area contributed by atoms with Crippen LogP contribution in [0.1, 0.15) is 73.6 Å². The number of halogens is 1. The van der Waals surface area contributed by atoms with Crippen molar-refractivity contribution in [2.24, 2.45) is 0 Å². The van der Waals surface area contributed by atoms with Crippen molar-refractivity contribution in [3.8, 4) is 0 Å². The topological polar surface area (TPSA) is 35.5 Å². The molecule has 1 atom stereocenters. The van der Waals surface area contributed by atoms with Gasteiger partial charge in [-0.2, -0.15) is 0 Å². The Morgan fingerprint density at radius 2 is 1.63 bits per heavy atom. The van der Waals surface area contributed by atoms with Crippen molar-refractivity contribution in [2.45, 2.75) is 116 Å². The normalized spacial score (nSPS) is 19.4. The molecule has 174 valence electrons. The van der Waals surface area contributed by atoms with Gasteiger partial charge in [0.1, 0.15) is 0 Å². The Bertz CT molecular complexity index is 652. The summed E-state index contributed by atoms with van der Waals surface area (Å²) in [5.74, 6) is 0.229. The summed E-state index contributed by atoms with van der Waals surface area (Å²) >= 11 is 3.67. The van der Waals surface area contributed by atoms with E-state index >= 15 is 0 Å². The van der Waals surface area contributed by atoms with E-state index in [1.807, 2.05) is 0 Å². The summed E-state index contributed by atoms with van der Waals surface area (Å²) in [7, 11) is -3.49. The molecule has 0 saturated heterocycles. The quantitative estimate of drug-likeness (QED) is 0.217. The molecule has 0 N–H and O–H groups in total. The van der Waals surface area contributed by atoms with Crippen LogP contribution in [0.2, 0.25) is 36.3 Å². The van der Waals surface area contributed by atoms with Crippen LogP contribution in [0, 0.1) is 0 Å².